The zero-order valence-corrected chi connectivity index (χ0v) is 13.2. The molecule has 0 atom stereocenters. The van der Waals surface area contributed by atoms with Crippen LogP contribution >= 0.6 is 0 Å². The van der Waals surface area contributed by atoms with Crippen molar-refractivity contribution in [2.45, 2.75) is 58.5 Å². The Hall–Kier alpha value is -1.35. The van der Waals surface area contributed by atoms with E-state index in [4.69, 9.17) is 10.5 Å². The van der Waals surface area contributed by atoms with Gasteiger partial charge in [0.25, 0.3) is 0 Å². The van der Waals surface area contributed by atoms with E-state index >= 15 is 0 Å². The standard InChI is InChI=1S/C18H27NO2/c1-14(2)21-16-8-6-15(7-9-16)17(20)12-18(13-19)10-4-3-5-11-18/h6-9,14H,3-5,10-13,19H2,1-2H3. The van der Waals surface area contributed by atoms with E-state index in [1.54, 1.807) is 0 Å². The molecule has 2 N–H and O–H groups in total. The molecule has 1 saturated carbocycles. The predicted molar refractivity (Wildman–Crippen MR) is 85.7 cm³/mol. The summed E-state index contributed by atoms with van der Waals surface area (Å²) in [7, 11) is 0. The van der Waals surface area contributed by atoms with E-state index in [0.717, 1.165) is 24.2 Å². The molecule has 21 heavy (non-hydrogen) atoms. The lowest BCUT2D eigenvalue weighted by molar-refractivity contribution is 0.0868. The number of rotatable bonds is 6. The van der Waals surface area contributed by atoms with Crippen LogP contribution in [0.1, 0.15) is 62.7 Å². The van der Waals surface area contributed by atoms with Crippen molar-refractivity contribution in [2.75, 3.05) is 6.54 Å². The van der Waals surface area contributed by atoms with Gasteiger partial charge in [-0.2, -0.15) is 0 Å². The van der Waals surface area contributed by atoms with Crippen LogP contribution in [0.5, 0.6) is 5.75 Å². The fourth-order valence-electron chi connectivity index (χ4n) is 3.19. The van der Waals surface area contributed by atoms with Crippen LogP contribution in [0.25, 0.3) is 0 Å². The van der Waals surface area contributed by atoms with Gasteiger partial charge in [0, 0.05) is 12.0 Å². The summed E-state index contributed by atoms with van der Waals surface area (Å²) < 4.78 is 5.61. The SMILES string of the molecule is CC(C)Oc1ccc(C(=O)CC2(CN)CCCCC2)cc1. The van der Waals surface area contributed by atoms with Crippen molar-refractivity contribution in [3.8, 4) is 5.75 Å². The summed E-state index contributed by atoms with van der Waals surface area (Å²) in [5.41, 5.74) is 6.77. The molecule has 0 spiro atoms. The third-order valence-corrected chi connectivity index (χ3v) is 4.43. The highest BCUT2D eigenvalue weighted by atomic mass is 16.5. The van der Waals surface area contributed by atoms with Gasteiger partial charge in [0.05, 0.1) is 6.10 Å². The van der Waals surface area contributed by atoms with E-state index in [1.165, 1.54) is 19.3 Å². The number of hydrogen-bond acceptors (Lipinski definition) is 3. The van der Waals surface area contributed by atoms with Crippen molar-refractivity contribution in [2.24, 2.45) is 11.1 Å². The zero-order valence-electron chi connectivity index (χ0n) is 13.2. The average molecular weight is 289 g/mol. The molecule has 1 aromatic rings. The molecule has 1 fully saturated rings. The Morgan fingerprint density at radius 2 is 1.81 bits per heavy atom. The topological polar surface area (TPSA) is 52.3 Å². The summed E-state index contributed by atoms with van der Waals surface area (Å²) in [6.07, 6.45) is 6.57. The highest BCUT2D eigenvalue weighted by molar-refractivity contribution is 5.96. The van der Waals surface area contributed by atoms with E-state index in [9.17, 15) is 4.79 Å². The van der Waals surface area contributed by atoms with Gasteiger partial charge < -0.3 is 10.5 Å². The van der Waals surface area contributed by atoms with E-state index in [1.807, 2.05) is 38.1 Å². The van der Waals surface area contributed by atoms with Gasteiger partial charge in [0.15, 0.2) is 5.78 Å². The highest BCUT2D eigenvalue weighted by Crippen LogP contribution is 2.39. The maximum Gasteiger partial charge on any atom is 0.163 e. The summed E-state index contributed by atoms with van der Waals surface area (Å²) in [4.78, 5) is 12.5. The van der Waals surface area contributed by atoms with E-state index in [-0.39, 0.29) is 17.3 Å². The van der Waals surface area contributed by atoms with Crippen LogP contribution in [0.3, 0.4) is 0 Å². The molecule has 0 saturated heterocycles. The smallest absolute Gasteiger partial charge is 0.163 e. The molecule has 0 aliphatic heterocycles. The van der Waals surface area contributed by atoms with Gasteiger partial charge in [0.1, 0.15) is 5.75 Å². The molecule has 0 heterocycles. The summed E-state index contributed by atoms with van der Waals surface area (Å²) in [5, 5.41) is 0. The van der Waals surface area contributed by atoms with E-state index < -0.39 is 0 Å². The Balaban J connectivity index is 2.02. The average Bonchev–Trinajstić information content (AvgIpc) is 2.48. The summed E-state index contributed by atoms with van der Waals surface area (Å²) in [5.74, 6) is 1.02. The van der Waals surface area contributed by atoms with Gasteiger partial charge in [0.2, 0.25) is 0 Å². The number of benzene rings is 1. The monoisotopic (exact) mass is 289 g/mol. The lowest BCUT2D eigenvalue weighted by Crippen LogP contribution is -2.35. The number of ether oxygens (including phenoxy) is 1. The number of ketones is 1. The Labute approximate surface area is 127 Å². The molecule has 1 aliphatic carbocycles. The molecule has 0 aromatic heterocycles. The molecule has 3 heteroatoms. The van der Waals surface area contributed by atoms with Crippen LogP contribution in [-0.2, 0) is 0 Å². The number of carbonyl (C=O) groups is 1. The summed E-state index contributed by atoms with van der Waals surface area (Å²) >= 11 is 0. The van der Waals surface area contributed by atoms with Crippen LogP contribution in [-0.4, -0.2) is 18.4 Å². The maximum atomic E-state index is 12.5. The predicted octanol–water partition coefficient (Wildman–Crippen LogP) is 3.96. The lowest BCUT2D eigenvalue weighted by atomic mass is 9.70. The molecule has 0 unspecified atom stereocenters. The zero-order chi connectivity index (χ0) is 15.3. The fraction of sp³-hybridized carbons (Fsp3) is 0.611. The first-order chi connectivity index (χ1) is 10.0. The van der Waals surface area contributed by atoms with Crippen LogP contribution in [0.4, 0.5) is 0 Å². The van der Waals surface area contributed by atoms with Crippen molar-refractivity contribution in [1.82, 2.24) is 0 Å². The first-order valence-electron chi connectivity index (χ1n) is 8.05. The second-order valence-electron chi connectivity index (χ2n) is 6.56. The molecule has 0 bridgehead atoms. The normalized spacial score (nSPS) is 17.7. The van der Waals surface area contributed by atoms with Gasteiger partial charge in [-0.05, 0) is 62.9 Å². The van der Waals surface area contributed by atoms with Gasteiger partial charge in [-0.3, -0.25) is 4.79 Å². The van der Waals surface area contributed by atoms with E-state index in [0.29, 0.717) is 13.0 Å². The van der Waals surface area contributed by atoms with Crippen LogP contribution in [0.2, 0.25) is 0 Å². The second kappa shape index (κ2) is 7.08. The lowest BCUT2D eigenvalue weighted by Gasteiger charge is -2.35. The molecule has 2 rings (SSSR count). The van der Waals surface area contributed by atoms with Crippen LogP contribution < -0.4 is 10.5 Å². The quantitative estimate of drug-likeness (QED) is 0.807. The second-order valence-corrected chi connectivity index (χ2v) is 6.56. The molecule has 0 radical (unpaired) electrons. The molecule has 0 amide bonds. The Kier molecular flexibility index (Phi) is 5.40. The molecule has 116 valence electrons. The van der Waals surface area contributed by atoms with Gasteiger partial charge in [-0.25, -0.2) is 0 Å². The first-order valence-corrected chi connectivity index (χ1v) is 8.05. The van der Waals surface area contributed by atoms with Crippen molar-refractivity contribution < 1.29 is 9.53 Å². The van der Waals surface area contributed by atoms with Crippen LogP contribution in [0, 0.1) is 5.41 Å². The Bertz CT molecular complexity index is 459. The highest BCUT2D eigenvalue weighted by Gasteiger charge is 2.33. The third kappa shape index (κ3) is 4.31. The number of carbonyl (C=O) groups excluding carboxylic acids is 1. The van der Waals surface area contributed by atoms with Crippen molar-refractivity contribution in [3.05, 3.63) is 29.8 Å². The first kappa shape index (κ1) is 16.0. The van der Waals surface area contributed by atoms with Gasteiger partial charge in [-0.15, -0.1) is 0 Å². The minimum atomic E-state index is 0.0302. The van der Waals surface area contributed by atoms with Crippen LogP contribution in [0.15, 0.2) is 24.3 Å². The van der Waals surface area contributed by atoms with Crippen molar-refractivity contribution in [1.29, 1.82) is 0 Å². The molecular weight excluding hydrogens is 262 g/mol. The fourth-order valence-corrected chi connectivity index (χ4v) is 3.19. The minimum absolute atomic E-state index is 0.0302. The molecule has 1 aliphatic rings. The van der Waals surface area contributed by atoms with Gasteiger partial charge >= 0.3 is 0 Å². The minimum Gasteiger partial charge on any atom is -0.491 e. The molecular formula is C18H27NO2. The molecule has 3 nitrogen and oxygen atoms in total. The summed E-state index contributed by atoms with van der Waals surface area (Å²) in [6.45, 7) is 4.60. The van der Waals surface area contributed by atoms with Gasteiger partial charge in [-0.1, -0.05) is 19.3 Å². The number of Topliss-reactive ketones (excluding diaryl/α,β-unsaturated/α-hetero) is 1. The van der Waals surface area contributed by atoms with E-state index in [2.05, 4.69) is 0 Å². The molecule has 1 aromatic carbocycles. The maximum absolute atomic E-state index is 12.5. The Morgan fingerprint density at radius 3 is 2.33 bits per heavy atom. The number of hydrogen-bond donors (Lipinski definition) is 1. The van der Waals surface area contributed by atoms with Crippen molar-refractivity contribution in [3.63, 3.8) is 0 Å². The Morgan fingerprint density at radius 1 is 1.19 bits per heavy atom. The summed E-state index contributed by atoms with van der Waals surface area (Å²) in [6, 6.07) is 7.49. The third-order valence-electron chi connectivity index (χ3n) is 4.43. The van der Waals surface area contributed by atoms with Crippen molar-refractivity contribution >= 4 is 5.78 Å². The number of nitrogens with two attached hydrogens (primary N) is 1. The largest absolute Gasteiger partial charge is 0.491 e.